The Morgan fingerprint density at radius 2 is 1.45 bits per heavy atom. The third kappa shape index (κ3) is 6.41. The molecule has 0 spiro atoms. The molecular weight excluding hydrogens is 506 g/mol. The first-order chi connectivity index (χ1) is 18.0. The molecule has 1 aliphatic carbocycles. The topological polar surface area (TPSA) is 122 Å². The minimum Gasteiger partial charge on any atom is -0.464 e. The number of nitrogens with two attached hydrogens (primary N) is 1. The van der Waals surface area contributed by atoms with Crippen molar-refractivity contribution in [2.75, 3.05) is 12.9 Å². The molecule has 0 saturated carbocycles. The predicted molar refractivity (Wildman–Crippen MR) is 143 cm³/mol. The van der Waals surface area contributed by atoms with Crippen LogP contribution in [0.4, 0.5) is 0 Å². The van der Waals surface area contributed by atoms with Crippen LogP contribution >= 0.6 is 0 Å². The van der Waals surface area contributed by atoms with Crippen molar-refractivity contribution in [1.82, 2.24) is 0 Å². The summed E-state index contributed by atoms with van der Waals surface area (Å²) in [5.74, 6) is -2.15. The Balaban J connectivity index is 1.57. The molecule has 3 aromatic rings. The van der Waals surface area contributed by atoms with E-state index in [9.17, 15) is 18.0 Å². The Labute approximate surface area is 222 Å². The van der Waals surface area contributed by atoms with Crippen molar-refractivity contribution in [3.05, 3.63) is 89.5 Å². The first kappa shape index (κ1) is 27.3. The van der Waals surface area contributed by atoms with Crippen LogP contribution in [0.1, 0.15) is 48.8 Å². The molecule has 0 aromatic heterocycles. The Bertz CT molecular complexity index is 1370. The maximum absolute atomic E-state index is 13.5. The molecule has 2 atom stereocenters. The number of ether oxygens (including phenoxy) is 2. The van der Waals surface area contributed by atoms with Crippen molar-refractivity contribution in [3.8, 4) is 16.9 Å². The highest BCUT2D eigenvalue weighted by Crippen LogP contribution is 2.44. The van der Waals surface area contributed by atoms with Gasteiger partial charge in [0.2, 0.25) is 0 Å². The van der Waals surface area contributed by atoms with Gasteiger partial charge in [-0.1, -0.05) is 60.7 Å². The van der Waals surface area contributed by atoms with Crippen LogP contribution in [0.15, 0.2) is 72.8 Å². The van der Waals surface area contributed by atoms with E-state index >= 15 is 0 Å². The molecule has 0 amide bonds. The van der Waals surface area contributed by atoms with Crippen LogP contribution in [0.5, 0.6) is 5.75 Å². The summed E-state index contributed by atoms with van der Waals surface area (Å²) in [5.41, 5.74) is 11.2. The van der Waals surface area contributed by atoms with Gasteiger partial charge in [0.1, 0.15) is 12.4 Å². The lowest BCUT2D eigenvalue weighted by Crippen LogP contribution is -2.37. The van der Waals surface area contributed by atoms with Gasteiger partial charge in [-0.15, -0.1) is 0 Å². The van der Waals surface area contributed by atoms with Crippen LogP contribution in [-0.4, -0.2) is 45.4 Å². The van der Waals surface area contributed by atoms with Crippen LogP contribution in [-0.2, 0) is 29.2 Å². The summed E-state index contributed by atoms with van der Waals surface area (Å²) in [6, 6.07) is 21.0. The van der Waals surface area contributed by atoms with Crippen LogP contribution < -0.4 is 9.92 Å². The molecule has 9 heteroatoms. The quantitative estimate of drug-likeness (QED) is 0.303. The number of esters is 2. The number of rotatable bonds is 10. The van der Waals surface area contributed by atoms with Gasteiger partial charge in [0.15, 0.2) is 0 Å². The summed E-state index contributed by atoms with van der Waals surface area (Å²) in [4.78, 5) is 25.8. The number of carbonyl (C=O) groups excluding carboxylic acids is 2. The van der Waals surface area contributed by atoms with Crippen LogP contribution in [0.3, 0.4) is 0 Å². The number of benzene rings is 3. The fourth-order valence-electron chi connectivity index (χ4n) is 4.78. The van der Waals surface area contributed by atoms with Crippen molar-refractivity contribution >= 4 is 22.1 Å². The smallest absolute Gasteiger partial charge is 0.315 e. The third-order valence-electron chi connectivity index (χ3n) is 6.29. The van der Waals surface area contributed by atoms with E-state index in [0.29, 0.717) is 5.56 Å². The summed E-state index contributed by atoms with van der Waals surface area (Å²) >= 11 is 0. The van der Waals surface area contributed by atoms with E-state index in [0.717, 1.165) is 28.5 Å². The second-order valence-corrected chi connectivity index (χ2v) is 11.2. The monoisotopic (exact) mass is 537 g/mol. The third-order valence-corrected chi connectivity index (χ3v) is 6.79. The Hall–Kier alpha value is -3.69. The Morgan fingerprint density at radius 3 is 1.97 bits per heavy atom. The first-order valence-electron chi connectivity index (χ1n) is 12.3. The Kier molecular flexibility index (Phi) is 8.18. The second-order valence-electron chi connectivity index (χ2n) is 9.60. The number of fused-ring (bicyclic) bond motifs is 3. The maximum atomic E-state index is 13.5. The van der Waals surface area contributed by atoms with Crippen molar-refractivity contribution in [2.45, 2.75) is 44.2 Å². The zero-order chi connectivity index (χ0) is 27.4. The molecule has 0 saturated heterocycles. The van der Waals surface area contributed by atoms with E-state index in [-0.39, 0.29) is 30.8 Å². The van der Waals surface area contributed by atoms with Gasteiger partial charge in [-0.25, -0.2) is 0 Å². The second kappa shape index (κ2) is 11.4. The van der Waals surface area contributed by atoms with E-state index in [1.54, 1.807) is 26.0 Å². The van der Waals surface area contributed by atoms with E-state index in [4.69, 9.17) is 19.4 Å². The molecule has 8 nitrogen and oxygen atoms in total. The van der Waals surface area contributed by atoms with E-state index in [1.165, 1.54) is 12.1 Å². The maximum Gasteiger partial charge on any atom is 0.315 e. The normalized spacial score (nSPS) is 14.3. The molecule has 0 radical (unpaired) electrons. The lowest BCUT2D eigenvalue weighted by atomic mass is 9.90. The zero-order valence-corrected chi connectivity index (χ0v) is 22.3. The average molecular weight is 538 g/mol. The average Bonchev–Trinajstić information content (AvgIpc) is 3.16. The lowest BCUT2D eigenvalue weighted by Gasteiger charge is -2.24. The minimum atomic E-state index is -3.71. The van der Waals surface area contributed by atoms with E-state index in [2.05, 4.69) is 12.1 Å². The molecule has 0 bridgehead atoms. The van der Waals surface area contributed by atoms with Crippen LogP contribution in [0, 0.1) is 0 Å². The molecule has 200 valence electrons. The molecule has 2 unspecified atom stereocenters. The summed E-state index contributed by atoms with van der Waals surface area (Å²) in [6.45, 7) is 3.56. The summed E-state index contributed by atoms with van der Waals surface area (Å²) < 4.78 is 38.9. The van der Waals surface area contributed by atoms with Crippen molar-refractivity contribution < 1.29 is 31.7 Å². The highest BCUT2D eigenvalue weighted by molar-refractivity contribution is 7.86. The highest BCUT2D eigenvalue weighted by Gasteiger charge is 2.34. The van der Waals surface area contributed by atoms with Gasteiger partial charge in [-0.2, -0.15) is 8.42 Å². The van der Waals surface area contributed by atoms with Crippen LogP contribution in [0.2, 0.25) is 0 Å². The van der Waals surface area contributed by atoms with Crippen molar-refractivity contribution in [2.24, 2.45) is 5.73 Å². The number of carbonyl (C=O) groups is 2. The summed E-state index contributed by atoms with van der Waals surface area (Å²) in [5, 5.41) is 0. The number of hydrogen-bond acceptors (Lipinski definition) is 8. The molecule has 4 rings (SSSR count). The van der Waals surface area contributed by atoms with Crippen molar-refractivity contribution in [1.29, 1.82) is 0 Å². The molecule has 38 heavy (non-hydrogen) atoms. The van der Waals surface area contributed by atoms with E-state index < -0.39 is 34.0 Å². The van der Waals surface area contributed by atoms with Crippen LogP contribution in [0.25, 0.3) is 11.1 Å². The highest BCUT2D eigenvalue weighted by atomic mass is 32.2. The van der Waals surface area contributed by atoms with Gasteiger partial charge in [-0.05, 0) is 53.8 Å². The lowest BCUT2D eigenvalue weighted by molar-refractivity contribution is -0.149. The van der Waals surface area contributed by atoms with Gasteiger partial charge in [0.05, 0.1) is 24.7 Å². The fraction of sp³-hybridized carbons (Fsp3) is 0.310. The number of hydrogen-bond donors (Lipinski definition) is 1. The Morgan fingerprint density at radius 1 is 0.895 bits per heavy atom. The molecule has 0 aliphatic heterocycles. The SMILES string of the molecule is CC(C)OC(=O)CC(N)C(C(=O)OCC1c2ccccc2-c2ccccc21)c1ccc(OS(C)(=O)=O)cc1. The fourth-order valence-corrected chi connectivity index (χ4v) is 5.24. The zero-order valence-electron chi connectivity index (χ0n) is 21.5. The molecule has 2 N–H and O–H groups in total. The molecule has 0 heterocycles. The van der Waals surface area contributed by atoms with Gasteiger partial charge in [0, 0.05) is 12.0 Å². The molecule has 1 aliphatic rings. The minimum absolute atomic E-state index is 0.0929. The summed E-state index contributed by atoms with van der Waals surface area (Å²) in [7, 11) is -3.71. The first-order valence-corrected chi connectivity index (χ1v) is 14.1. The largest absolute Gasteiger partial charge is 0.464 e. The van der Waals surface area contributed by atoms with E-state index in [1.807, 2.05) is 36.4 Å². The van der Waals surface area contributed by atoms with Gasteiger partial charge < -0.3 is 19.4 Å². The van der Waals surface area contributed by atoms with Crippen molar-refractivity contribution in [3.63, 3.8) is 0 Å². The predicted octanol–water partition coefficient (Wildman–Crippen LogP) is 4.13. The van der Waals surface area contributed by atoms with Gasteiger partial charge >= 0.3 is 22.1 Å². The van der Waals surface area contributed by atoms with Gasteiger partial charge in [-0.3, -0.25) is 9.59 Å². The standard InChI is InChI=1S/C29H31NO7S/c1-18(2)36-27(31)16-26(30)28(19-12-14-20(15-13-19)37-38(3,33)34)29(32)35-17-25-23-10-6-4-8-21(23)22-9-5-7-11-24(22)25/h4-15,18,25-26,28H,16-17,30H2,1-3H3. The van der Waals surface area contributed by atoms with Gasteiger partial charge in [0.25, 0.3) is 0 Å². The molecular formula is C29H31NO7S. The molecule has 3 aromatic carbocycles. The summed E-state index contributed by atoms with van der Waals surface area (Å²) in [6.07, 6.45) is 0.417. The molecule has 0 fully saturated rings.